The van der Waals surface area contributed by atoms with Gasteiger partial charge in [-0.05, 0) is 30.2 Å². The second-order valence-electron chi connectivity index (χ2n) is 6.10. The number of fused-ring (bicyclic) bond motifs is 1. The van der Waals surface area contributed by atoms with Crippen molar-refractivity contribution in [3.8, 4) is 11.1 Å². The molecular weight excluding hydrogens is 419 g/mol. The number of hydrogen-bond acceptors (Lipinski definition) is 4. The third-order valence-corrected chi connectivity index (χ3v) is 6.70. The fourth-order valence-corrected chi connectivity index (χ4v) is 4.85. The fourth-order valence-electron chi connectivity index (χ4n) is 2.72. The molecule has 4 aromatic rings. The monoisotopic (exact) mass is 432 g/mol. The van der Waals surface area contributed by atoms with Gasteiger partial charge in [0.2, 0.25) is 0 Å². The zero-order valence-corrected chi connectivity index (χ0v) is 17.4. The van der Waals surface area contributed by atoms with Crippen molar-refractivity contribution < 1.29 is 0 Å². The quantitative estimate of drug-likeness (QED) is 0.293. The average molecular weight is 433 g/mol. The van der Waals surface area contributed by atoms with Gasteiger partial charge >= 0.3 is 0 Å². The summed E-state index contributed by atoms with van der Waals surface area (Å²) in [5.41, 5.74) is 4.03. The number of aromatic amines is 1. The van der Waals surface area contributed by atoms with E-state index in [1.165, 1.54) is 28.7 Å². The van der Waals surface area contributed by atoms with E-state index in [0.717, 1.165) is 21.5 Å². The molecule has 136 valence electrons. The van der Waals surface area contributed by atoms with E-state index < -0.39 is 0 Å². The van der Waals surface area contributed by atoms with Gasteiger partial charge in [0.25, 0.3) is 5.56 Å². The topological polar surface area (TPSA) is 45.8 Å². The first-order valence-electron chi connectivity index (χ1n) is 8.16. The highest BCUT2D eigenvalue weighted by atomic mass is 35.5. The minimum atomic E-state index is -0.117. The van der Waals surface area contributed by atoms with Crippen LogP contribution in [0.5, 0.6) is 0 Å². The molecule has 2 aromatic carbocycles. The van der Waals surface area contributed by atoms with Gasteiger partial charge in [-0.2, -0.15) is 0 Å². The van der Waals surface area contributed by atoms with Crippen molar-refractivity contribution in [2.75, 3.05) is 0 Å². The molecule has 0 saturated heterocycles. The predicted octanol–water partition coefficient (Wildman–Crippen LogP) is 6.56. The summed E-state index contributed by atoms with van der Waals surface area (Å²) < 4.78 is 0. The van der Waals surface area contributed by atoms with Crippen LogP contribution in [0.25, 0.3) is 21.3 Å². The number of thioether (sulfide) groups is 1. The summed E-state index contributed by atoms with van der Waals surface area (Å²) in [5.74, 6) is 0.640. The molecule has 2 heterocycles. The summed E-state index contributed by atoms with van der Waals surface area (Å²) >= 11 is 15.0. The number of aromatic nitrogens is 2. The van der Waals surface area contributed by atoms with Crippen LogP contribution in [-0.4, -0.2) is 9.97 Å². The molecule has 0 bridgehead atoms. The standard InChI is InChI=1S/C20H14Cl2N2OS2/c1-11-2-5-13(6-3-11)14-10-26-19-17(14)18(25)23-20(24-19)27-9-12-4-7-15(21)16(22)8-12/h2-8,10H,9H2,1H3,(H,23,24,25). The Labute approximate surface area is 174 Å². The molecule has 3 nitrogen and oxygen atoms in total. The van der Waals surface area contributed by atoms with Crippen molar-refractivity contribution >= 4 is 56.5 Å². The summed E-state index contributed by atoms with van der Waals surface area (Å²) in [6.45, 7) is 2.04. The molecule has 27 heavy (non-hydrogen) atoms. The van der Waals surface area contributed by atoms with Gasteiger partial charge in [-0.25, -0.2) is 4.98 Å². The molecule has 2 aromatic heterocycles. The Bertz CT molecular complexity index is 1180. The van der Waals surface area contributed by atoms with Crippen LogP contribution in [0.15, 0.2) is 57.8 Å². The second kappa shape index (κ2) is 7.68. The van der Waals surface area contributed by atoms with Gasteiger partial charge < -0.3 is 4.98 Å². The molecule has 0 unspecified atom stereocenters. The van der Waals surface area contributed by atoms with Crippen LogP contribution < -0.4 is 5.56 Å². The Kier molecular flexibility index (Phi) is 5.28. The summed E-state index contributed by atoms with van der Waals surface area (Å²) in [5, 5.41) is 4.28. The molecule has 0 atom stereocenters. The Hall–Kier alpha value is -1.79. The van der Waals surface area contributed by atoms with Gasteiger partial charge in [0.05, 0.1) is 15.4 Å². The highest BCUT2D eigenvalue weighted by Crippen LogP contribution is 2.32. The Morgan fingerprint density at radius 3 is 2.63 bits per heavy atom. The van der Waals surface area contributed by atoms with E-state index in [4.69, 9.17) is 23.2 Å². The fraction of sp³-hybridized carbons (Fsp3) is 0.100. The molecular formula is C20H14Cl2N2OS2. The largest absolute Gasteiger partial charge is 0.301 e. The predicted molar refractivity (Wildman–Crippen MR) is 116 cm³/mol. The molecule has 0 aliphatic heterocycles. The molecule has 7 heteroatoms. The van der Waals surface area contributed by atoms with Crippen molar-refractivity contribution in [2.24, 2.45) is 0 Å². The van der Waals surface area contributed by atoms with E-state index >= 15 is 0 Å². The first kappa shape index (κ1) is 18.6. The van der Waals surface area contributed by atoms with E-state index in [1.807, 2.05) is 48.7 Å². The summed E-state index contributed by atoms with van der Waals surface area (Å²) in [6, 6.07) is 13.7. The molecule has 0 radical (unpaired) electrons. The lowest BCUT2D eigenvalue weighted by atomic mass is 10.1. The van der Waals surface area contributed by atoms with Gasteiger partial charge in [0.1, 0.15) is 4.83 Å². The number of nitrogens with one attached hydrogen (secondary N) is 1. The maximum atomic E-state index is 12.7. The number of hydrogen-bond donors (Lipinski definition) is 1. The second-order valence-corrected chi connectivity index (χ2v) is 8.74. The van der Waals surface area contributed by atoms with E-state index in [-0.39, 0.29) is 5.56 Å². The van der Waals surface area contributed by atoms with Gasteiger partial charge in [-0.1, -0.05) is 70.9 Å². The van der Waals surface area contributed by atoms with E-state index in [1.54, 1.807) is 6.07 Å². The van der Waals surface area contributed by atoms with Gasteiger partial charge in [0, 0.05) is 16.7 Å². The summed E-state index contributed by atoms with van der Waals surface area (Å²) in [6.07, 6.45) is 0. The zero-order valence-electron chi connectivity index (χ0n) is 14.3. The van der Waals surface area contributed by atoms with Gasteiger partial charge in [-0.15, -0.1) is 11.3 Å². The van der Waals surface area contributed by atoms with E-state index in [2.05, 4.69) is 9.97 Å². The maximum Gasteiger partial charge on any atom is 0.260 e. The van der Waals surface area contributed by atoms with Crippen LogP contribution in [0.4, 0.5) is 0 Å². The number of rotatable bonds is 4. The van der Waals surface area contributed by atoms with Crippen molar-refractivity contribution in [1.82, 2.24) is 9.97 Å². The number of aryl methyl sites for hydroxylation is 1. The summed E-state index contributed by atoms with van der Waals surface area (Å²) in [4.78, 5) is 21.0. The van der Waals surface area contributed by atoms with Crippen LogP contribution in [0, 0.1) is 6.92 Å². The third-order valence-electron chi connectivity index (χ3n) is 4.14. The average Bonchev–Trinajstić information content (AvgIpc) is 3.08. The number of nitrogens with zero attached hydrogens (tertiary/aromatic N) is 1. The molecule has 0 spiro atoms. The minimum absolute atomic E-state index is 0.117. The Morgan fingerprint density at radius 1 is 1.11 bits per heavy atom. The molecule has 4 rings (SSSR count). The molecule has 0 aliphatic rings. The number of benzene rings is 2. The smallest absolute Gasteiger partial charge is 0.260 e. The lowest BCUT2D eigenvalue weighted by molar-refractivity contribution is 0.980. The molecule has 0 saturated carbocycles. The van der Waals surface area contributed by atoms with Crippen LogP contribution in [0.2, 0.25) is 10.0 Å². The van der Waals surface area contributed by atoms with E-state index in [0.29, 0.717) is 26.3 Å². The molecule has 0 fully saturated rings. The van der Waals surface area contributed by atoms with Crippen LogP contribution in [0.1, 0.15) is 11.1 Å². The zero-order chi connectivity index (χ0) is 19.0. The highest BCUT2D eigenvalue weighted by molar-refractivity contribution is 7.98. The maximum absolute atomic E-state index is 12.7. The third kappa shape index (κ3) is 3.92. The van der Waals surface area contributed by atoms with E-state index in [9.17, 15) is 4.79 Å². The lowest BCUT2D eigenvalue weighted by Gasteiger charge is -2.04. The number of thiophene rings is 1. The lowest BCUT2D eigenvalue weighted by Crippen LogP contribution is -2.08. The first-order chi connectivity index (χ1) is 13.0. The molecule has 0 amide bonds. The minimum Gasteiger partial charge on any atom is -0.301 e. The number of H-pyrrole nitrogens is 1. The Balaban J connectivity index is 1.63. The van der Waals surface area contributed by atoms with Crippen LogP contribution in [0.3, 0.4) is 0 Å². The van der Waals surface area contributed by atoms with Crippen molar-refractivity contribution in [1.29, 1.82) is 0 Å². The molecule has 1 N–H and O–H groups in total. The van der Waals surface area contributed by atoms with Crippen LogP contribution in [-0.2, 0) is 5.75 Å². The van der Waals surface area contributed by atoms with Crippen molar-refractivity contribution in [3.05, 3.63) is 79.4 Å². The normalized spacial score (nSPS) is 11.2. The van der Waals surface area contributed by atoms with Gasteiger partial charge in [0.15, 0.2) is 5.16 Å². The first-order valence-corrected chi connectivity index (χ1v) is 10.8. The van der Waals surface area contributed by atoms with Crippen LogP contribution >= 0.6 is 46.3 Å². The SMILES string of the molecule is Cc1ccc(-c2csc3nc(SCc4ccc(Cl)c(Cl)c4)[nH]c(=O)c23)cc1. The highest BCUT2D eigenvalue weighted by Gasteiger charge is 2.13. The summed E-state index contributed by atoms with van der Waals surface area (Å²) in [7, 11) is 0. The van der Waals surface area contributed by atoms with Crippen molar-refractivity contribution in [2.45, 2.75) is 17.8 Å². The van der Waals surface area contributed by atoms with Gasteiger partial charge in [-0.3, -0.25) is 4.79 Å². The number of halogens is 2. The Morgan fingerprint density at radius 2 is 1.89 bits per heavy atom. The molecule has 0 aliphatic carbocycles. The van der Waals surface area contributed by atoms with Crippen molar-refractivity contribution in [3.63, 3.8) is 0 Å².